The predicted octanol–water partition coefficient (Wildman–Crippen LogP) is 5.30. The van der Waals surface area contributed by atoms with Gasteiger partial charge >= 0.3 is 0 Å². The second-order valence-electron chi connectivity index (χ2n) is 10.1. The second kappa shape index (κ2) is 10.7. The lowest BCUT2D eigenvalue weighted by Gasteiger charge is -2.42. The average molecular weight is 600 g/mol. The molecule has 40 heavy (non-hydrogen) atoms. The molecule has 10 nitrogen and oxygen atoms in total. The SMILES string of the molecule is Cc1cc(NC(=O)CSc2nnc(N3C(N)=C(C#N)C(c4c(F)cccc4Cl)C4=C3CC(C)(C)CC4=O)s2)no1. The Kier molecular flexibility index (Phi) is 7.43. The van der Waals surface area contributed by atoms with Crippen LogP contribution in [-0.2, 0) is 9.59 Å². The van der Waals surface area contributed by atoms with Gasteiger partial charge in [-0.3, -0.25) is 14.5 Å². The fourth-order valence-electron chi connectivity index (χ4n) is 4.89. The monoisotopic (exact) mass is 599 g/mol. The third-order valence-corrected chi connectivity index (χ3v) is 8.85. The number of nitrogens with one attached hydrogen (secondary N) is 1. The Morgan fingerprint density at radius 1 is 1.40 bits per heavy atom. The van der Waals surface area contributed by atoms with Crippen molar-refractivity contribution in [3.8, 4) is 6.07 Å². The number of Topliss-reactive ketones (excluding diaryl/α,β-unsaturated/α-hetero) is 1. The van der Waals surface area contributed by atoms with E-state index in [1.807, 2.05) is 13.8 Å². The zero-order chi connectivity index (χ0) is 28.8. The van der Waals surface area contributed by atoms with Gasteiger partial charge in [-0.05, 0) is 30.9 Å². The van der Waals surface area contributed by atoms with E-state index < -0.39 is 17.2 Å². The Balaban J connectivity index is 1.51. The standard InChI is InChI=1S/C26H23ClFN7O3S2/c1-12-7-18(34-38-12)31-19(37)11-39-25-33-32-24(40-25)35-16-8-26(2,3)9-17(36)22(16)20(13(10-29)23(35)30)21-14(27)5-4-6-15(21)28/h4-7,20H,8-9,11,30H2,1-3H3,(H,31,34,37). The zero-order valence-electron chi connectivity index (χ0n) is 21.6. The summed E-state index contributed by atoms with van der Waals surface area (Å²) in [5.41, 5.74) is 6.96. The van der Waals surface area contributed by atoms with E-state index in [2.05, 4.69) is 26.7 Å². The van der Waals surface area contributed by atoms with E-state index >= 15 is 4.39 Å². The van der Waals surface area contributed by atoms with E-state index in [1.165, 1.54) is 18.2 Å². The lowest BCUT2D eigenvalue weighted by Crippen LogP contribution is -2.42. The van der Waals surface area contributed by atoms with Crippen molar-refractivity contribution >= 4 is 57.3 Å². The molecule has 0 saturated heterocycles. The van der Waals surface area contributed by atoms with Gasteiger partial charge in [0.2, 0.25) is 11.0 Å². The van der Waals surface area contributed by atoms with Crippen molar-refractivity contribution in [2.75, 3.05) is 16.0 Å². The number of hydrogen-bond acceptors (Lipinski definition) is 11. The Bertz CT molecular complexity index is 1620. The number of nitrogens with two attached hydrogens (primary N) is 1. The fourth-order valence-corrected chi connectivity index (χ4v) is 6.84. The molecule has 0 spiro atoms. The molecule has 1 atom stereocenters. The highest BCUT2D eigenvalue weighted by atomic mass is 35.5. The van der Waals surface area contributed by atoms with Crippen LogP contribution in [0.3, 0.4) is 0 Å². The summed E-state index contributed by atoms with van der Waals surface area (Å²) in [4.78, 5) is 27.5. The van der Waals surface area contributed by atoms with Crippen LogP contribution >= 0.6 is 34.7 Å². The highest BCUT2D eigenvalue weighted by molar-refractivity contribution is 8.01. The summed E-state index contributed by atoms with van der Waals surface area (Å²) in [6.45, 7) is 5.62. The molecule has 1 unspecified atom stereocenters. The number of allylic oxidation sites excluding steroid dienone is 3. The quantitative estimate of drug-likeness (QED) is 0.357. The lowest BCUT2D eigenvalue weighted by molar-refractivity contribution is -0.118. The van der Waals surface area contributed by atoms with Gasteiger partial charge in [0.1, 0.15) is 17.4 Å². The Morgan fingerprint density at radius 2 is 2.17 bits per heavy atom. The van der Waals surface area contributed by atoms with Gasteiger partial charge in [-0.25, -0.2) is 4.39 Å². The fraction of sp³-hybridized carbons (Fsp3) is 0.308. The van der Waals surface area contributed by atoms with Crippen molar-refractivity contribution < 1.29 is 18.5 Å². The maximum atomic E-state index is 15.2. The van der Waals surface area contributed by atoms with Crippen LogP contribution in [-0.4, -0.2) is 32.8 Å². The van der Waals surface area contributed by atoms with Crippen LogP contribution in [0, 0.1) is 29.5 Å². The van der Waals surface area contributed by atoms with Gasteiger partial charge in [0.05, 0.1) is 23.3 Å². The molecule has 0 radical (unpaired) electrons. The second-order valence-corrected chi connectivity index (χ2v) is 12.7. The zero-order valence-corrected chi connectivity index (χ0v) is 24.0. The number of amides is 1. The number of carbonyl (C=O) groups excluding carboxylic acids is 2. The number of thioether (sulfide) groups is 1. The molecule has 1 aromatic carbocycles. The molecule has 2 aliphatic rings. The van der Waals surface area contributed by atoms with E-state index in [4.69, 9.17) is 21.9 Å². The van der Waals surface area contributed by atoms with E-state index in [9.17, 15) is 14.9 Å². The Hall–Kier alpha value is -3.73. The minimum Gasteiger partial charge on any atom is -0.384 e. The number of ketones is 1. The topological polar surface area (TPSA) is 151 Å². The summed E-state index contributed by atoms with van der Waals surface area (Å²) in [6, 6.07) is 7.91. The van der Waals surface area contributed by atoms with Crippen molar-refractivity contribution in [1.82, 2.24) is 15.4 Å². The molecule has 2 aromatic heterocycles. The van der Waals surface area contributed by atoms with Crippen LogP contribution in [0.25, 0.3) is 0 Å². The van der Waals surface area contributed by atoms with Crippen molar-refractivity contribution in [1.29, 1.82) is 5.26 Å². The molecular weight excluding hydrogens is 577 g/mol. The van der Waals surface area contributed by atoms with Crippen LogP contribution in [0.1, 0.15) is 43.9 Å². The number of halogens is 2. The van der Waals surface area contributed by atoms with Gasteiger partial charge in [-0.15, -0.1) is 10.2 Å². The van der Waals surface area contributed by atoms with E-state index in [0.29, 0.717) is 33.2 Å². The molecular formula is C26H23ClFN7O3S2. The summed E-state index contributed by atoms with van der Waals surface area (Å²) < 4.78 is 20.6. The van der Waals surface area contributed by atoms with Gasteiger partial charge in [0.25, 0.3) is 0 Å². The number of nitrogens with zero attached hydrogens (tertiary/aromatic N) is 5. The first-order chi connectivity index (χ1) is 19.0. The highest BCUT2D eigenvalue weighted by Crippen LogP contribution is 2.52. The van der Waals surface area contributed by atoms with Crippen LogP contribution in [0.5, 0.6) is 0 Å². The minimum absolute atomic E-state index is 0.00880. The number of aryl methyl sites for hydroxylation is 1. The summed E-state index contributed by atoms with van der Waals surface area (Å²) in [5, 5.41) is 25.4. The third kappa shape index (κ3) is 5.22. The number of aromatic nitrogens is 3. The van der Waals surface area contributed by atoms with Crippen molar-refractivity contribution in [3.63, 3.8) is 0 Å². The van der Waals surface area contributed by atoms with Crippen molar-refractivity contribution in [3.05, 3.63) is 69.1 Å². The van der Waals surface area contributed by atoms with Gasteiger partial charge in [0.15, 0.2) is 15.9 Å². The molecule has 1 aliphatic carbocycles. The van der Waals surface area contributed by atoms with E-state index in [-0.39, 0.29) is 51.4 Å². The van der Waals surface area contributed by atoms with Crippen LogP contribution < -0.4 is 16.0 Å². The smallest absolute Gasteiger partial charge is 0.236 e. The molecule has 3 heterocycles. The summed E-state index contributed by atoms with van der Waals surface area (Å²) in [5.74, 6) is -1.30. The predicted molar refractivity (Wildman–Crippen MR) is 149 cm³/mol. The summed E-state index contributed by atoms with van der Waals surface area (Å²) >= 11 is 8.72. The Morgan fingerprint density at radius 3 is 2.85 bits per heavy atom. The maximum Gasteiger partial charge on any atom is 0.236 e. The van der Waals surface area contributed by atoms with Crippen LogP contribution in [0.4, 0.5) is 15.3 Å². The molecule has 1 aliphatic heterocycles. The number of benzene rings is 1. The maximum absolute atomic E-state index is 15.2. The first-order valence-electron chi connectivity index (χ1n) is 12.1. The van der Waals surface area contributed by atoms with Crippen molar-refractivity contribution in [2.24, 2.45) is 11.1 Å². The van der Waals surface area contributed by atoms with Gasteiger partial charge in [-0.1, -0.05) is 59.8 Å². The lowest BCUT2D eigenvalue weighted by atomic mass is 9.68. The minimum atomic E-state index is -1.06. The largest absolute Gasteiger partial charge is 0.384 e. The average Bonchev–Trinajstić information content (AvgIpc) is 3.50. The highest BCUT2D eigenvalue weighted by Gasteiger charge is 2.46. The van der Waals surface area contributed by atoms with Gasteiger partial charge < -0.3 is 15.6 Å². The number of rotatable bonds is 6. The molecule has 3 aromatic rings. The van der Waals surface area contributed by atoms with Crippen molar-refractivity contribution in [2.45, 2.75) is 43.9 Å². The van der Waals surface area contributed by atoms with E-state index in [1.54, 1.807) is 17.9 Å². The molecule has 14 heteroatoms. The molecule has 5 rings (SSSR count). The summed E-state index contributed by atoms with van der Waals surface area (Å²) in [7, 11) is 0. The van der Waals surface area contributed by atoms with Crippen LogP contribution in [0.2, 0.25) is 5.02 Å². The van der Waals surface area contributed by atoms with Gasteiger partial charge in [-0.2, -0.15) is 5.26 Å². The third-order valence-electron chi connectivity index (χ3n) is 6.48. The first-order valence-corrected chi connectivity index (χ1v) is 14.3. The molecule has 0 saturated carbocycles. The molecule has 0 fully saturated rings. The molecule has 0 bridgehead atoms. The number of anilines is 2. The summed E-state index contributed by atoms with van der Waals surface area (Å²) in [6.07, 6.45) is 0.621. The van der Waals surface area contributed by atoms with Gasteiger partial charge in [0, 0.05) is 34.3 Å². The number of hydrogen-bond donors (Lipinski definition) is 2. The first kappa shape index (κ1) is 27.8. The molecule has 3 N–H and O–H groups in total. The normalized spacial score (nSPS) is 18.6. The number of nitriles is 1. The Labute approximate surface area is 242 Å². The molecule has 1 amide bonds. The van der Waals surface area contributed by atoms with Crippen LogP contribution in [0.15, 0.2) is 55.8 Å². The number of carbonyl (C=O) groups is 2. The van der Waals surface area contributed by atoms with E-state index in [0.717, 1.165) is 23.1 Å². The molecule has 206 valence electrons.